The summed E-state index contributed by atoms with van der Waals surface area (Å²) in [7, 11) is 2.16. The third-order valence-corrected chi connectivity index (χ3v) is 4.55. The zero-order chi connectivity index (χ0) is 18.4. The number of carbonyl (C=O) groups excluding carboxylic acids is 1. The Hall–Kier alpha value is -1.62. The molecule has 0 aliphatic carbocycles. The van der Waals surface area contributed by atoms with Crippen molar-refractivity contribution in [2.45, 2.75) is 71.4 Å². The first kappa shape index (κ1) is 19.7. The van der Waals surface area contributed by atoms with Crippen LogP contribution in [0.3, 0.4) is 0 Å². The Kier molecular flexibility index (Phi) is 6.82. The van der Waals surface area contributed by atoms with Gasteiger partial charge in [0.25, 0.3) is 0 Å². The molecule has 1 aliphatic heterocycles. The van der Waals surface area contributed by atoms with Gasteiger partial charge in [-0.1, -0.05) is 25.8 Å². The number of amides is 1. The number of hydrogen-bond donors (Lipinski definition) is 0. The molecular weight excluding hydrogens is 314 g/mol. The van der Waals surface area contributed by atoms with Crippen LogP contribution in [0, 0.1) is 0 Å². The van der Waals surface area contributed by atoms with Crippen LogP contribution in [0.15, 0.2) is 18.3 Å². The summed E-state index contributed by atoms with van der Waals surface area (Å²) in [6.07, 6.45) is 6.95. The summed E-state index contributed by atoms with van der Waals surface area (Å²) >= 11 is 0. The lowest BCUT2D eigenvalue weighted by Crippen LogP contribution is -2.39. The average molecular weight is 348 g/mol. The molecule has 0 N–H and O–H groups in total. The van der Waals surface area contributed by atoms with Gasteiger partial charge in [0.15, 0.2) is 0 Å². The lowest BCUT2D eigenvalue weighted by molar-refractivity contribution is 0.0577. The lowest BCUT2D eigenvalue weighted by Gasteiger charge is -2.35. The zero-order valence-corrected chi connectivity index (χ0v) is 16.4. The molecule has 5 heteroatoms. The molecule has 1 aromatic heterocycles. The fourth-order valence-electron chi connectivity index (χ4n) is 3.28. The SMILES string of the molecule is CCCCN(C(=O)OC(C)(C)C)c1ncccc1[C@@H]1CCCCN1C. The first-order valence-electron chi connectivity index (χ1n) is 9.49. The molecule has 1 saturated heterocycles. The number of likely N-dealkylation sites (tertiary alicyclic amines) is 1. The molecule has 0 radical (unpaired) electrons. The number of ether oxygens (including phenoxy) is 1. The van der Waals surface area contributed by atoms with Crippen molar-refractivity contribution in [1.82, 2.24) is 9.88 Å². The van der Waals surface area contributed by atoms with Crippen molar-refractivity contribution in [3.05, 3.63) is 23.9 Å². The highest BCUT2D eigenvalue weighted by Crippen LogP contribution is 2.35. The number of carbonyl (C=O) groups is 1. The van der Waals surface area contributed by atoms with Crippen LogP contribution in [0.25, 0.3) is 0 Å². The smallest absolute Gasteiger partial charge is 0.416 e. The molecule has 0 spiro atoms. The van der Waals surface area contributed by atoms with Crippen LogP contribution in [0.5, 0.6) is 0 Å². The van der Waals surface area contributed by atoms with E-state index < -0.39 is 5.60 Å². The number of aromatic nitrogens is 1. The van der Waals surface area contributed by atoms with E-state index in [1.54, 1.807) is 11.1 Å². The molecule has 1 aliphatic rings. The maximum Gasteiger partial charge on any atom is 0.416 e. The third kappa shape index (κ3) is 5.43. The molecular formula is C20H33N3O2. The monoisotopic (exact) mass is 347 g/mol. The van der Waals surface area contributed by atoms with E-state index in [1.807, 2.05) is 26.8 Å². The standard InChI is InChI=1S/C20H33N3O2/c1-6-7-15-23(19(24)25-20(2,3)4)18-16(11-10-13-21-18)17-12-8-9-14-22(17)5/h10-11,13,17H,6-9,12,14-15H2,1-5H3/t17-/m0/s1. The minimum atomic E-state index is -0.516. The highest BCUT2D eigenvalue weighted by Gasteiger charge is 2.30. The summed E-state index contributed by atoms with van der Waals surface area (Å²) in [5.74, 6) is 0.754. The first-order valence-corrected chi connectivity index (χ1v) is 9.49. The number of nitrogens with zero attached hydrogens (tertiary/aromatic N) is 3. The summed E-state index contributed by atoms with van der Waals surface area (Å²) in [5.41, 5.74) is 0.615. The van der Waals surface area contributed by atoms with Crippen molar-refractivity contribution < 1.29 is 9.53 Å². The number of anilines is 1. The van der Waals surface area contributed by atoms with Crippen molar-refractivity contribution in [3.63, 3.8) is 0 Å². The Morgan fingerprint density at radius 3 is 2.80 bits per heavy atom. The molecule has 0 unspecified atom stereocenters. The Morgan fingerprint density at radius 1 is 1.40 bits per heavy atom. The van der Waals surface area contributed by atoms with Gasteiger partial charge < -0.3 is 4.74 Å². The van der Waals surface area contributed by atoms with Gasteiger partial charge in [-0.2, -0.15) is 0 Å². The van der Waals surface area contributed by atoms with E-state index in [0.717, 1.165) is 37.2 Å². The first-order chi connectivity index (χ1) is 11.8. The normalized spacial score (nSPS) is 18.8. The Morgan fingerprint density at radius 2 is 2.16 bits per heavy atom. The maximum atomic E-state index is 12.8. The maximum absolute atomic E-state index is 12.8. The third-order valence-electron chi connectivity index (χ3n) is 4.55. The molecule has 25 heavy (non-hydrogen) atoms. The van der Waals surface area contributed by atoms with Gasteiger partial charge in [0.2, 0.25) is 0 Å². The molecule has 140 valence electrons. The summed E-state index contributed by atoms with van der Waals surface area (Å²) in [6.45, 7) is 9.54. The van der Waals surface area contributed by atoms with E-state index >= 15 is 0 Å². The quantitative estimate of drug-likeness (QED) is 0.769. The van der Waals surface area contributed by atoms with Crippen molar-refractivity contribution >= 4 is 11.9 Å². The summed E-state index contributed by atoms with van der Waals surface area (Å²) in [6, 6.07) is 4.39. The van der Waals surface area contributed by atoms with E-state index in [-0.39, 0.29) is 6.09 Å². The van der Waals surface area contributed by atoms with E-state index in [9.17, 15) is 4.79 Å². The highest BCUT2D eigenvalue weighted by atomic mass is 16.6. The predicted molar refractivity (Wildman–Crippen MR) is 102 cm³/mol. The Labute approximate surface area is 152 Å². The molecule has 1 fully saturated rings. The molecule has 2 heterocycles. The van der Waals surface area contributed by atoms with Gasteiger partial charge in [-0.05, 0) is 59.7 Å². The summed E-state index contributed by atoms with van der Waals surface area (Å²) < 4.78 is 5.65. The Bertz CT molecular complexity index is 568. The molecule has 0 saturated carbocycles. The van der Waals surface area contributed by atoms with Crippen molar-refractivity contribution in [1.29, 1.82) is 0 Å². The van der Waals surface area contributed by atoms with Crippen molar-refractivity contribution in [2.24, 2.45) is 0 Å². The second-order valence-electron chi connectivity index (χ2n) is 7.89. The van der Waals surface area contributed by atoms with E-state index in [0.29, 0.717) is 12.6 Å². The second kappa shape index (κ2) is 8.65. The highest BCUT2D eigenvalue weighted by molar-refractivity contribution is 5.87. The average Bonchev–Trinajstić information content (AvgIpc) is 2.54. The van der Waals surface area contributed by atoms with Crippen LogP contribution < -0.4 is 4.90 Å². The molecule has 1 aromatic rings. The van der Waals surface area contributed by atoms with Crippen LogP contribution >= 0.6 is 0 Å². The van der Waals surface area contributed by atoms with Gasteiger partial charge in [0, 0.05) is 24.3 Å². The van der Waals surface area contributed by atoms with Gasteiger partial charge in [0.05, 0.1) is 0 Å². The number of pyridine rings is 1. The topological polar surface area (TPSA) is 45.7 Å². The largest absolute Gasteiger partial charge is 0.443 e. The fourth-order valence-corrected chi connectivity index (χ4v) is 3.28. The lowest BCUT2D eigenvalue weighted by atomic mass is 9.96. The van der Waals surface area contributed by atoms with Crippen LogP contribution in [0.2, 0.25) is 0 Å². The van der Waals surface area contributed by atoms with E-state index in [1.165, 1.54) is 12.8 Å². The van der Waals surface area contributed by atoms with E-state index in [2.05, 4.69) is 29.9 Å². The number of unbranched alkanes of at least 4 members (excludes halogenated alkanes) is 1. The van der Waals surface area contributed by atoms with Crippen molar-refractivity contribution in [3.8, 4) is 0 Å². The van der Waals surface area contributed by atoms with Crippen molar-refractivity contribution in [2.75, 3.05) is 25.0 Å². The zero-order valence-electron chi connectivity index (χ0n) is 16.4. The molecule has 5 nitrogen and oxygen atoms in total. The van der Waals surface area contributed by atoms with E-state index in [4.69, 9.17) is 4.74 Å². The molecule has 2 rings (SSSR count). The minimum Gasteiger partial charge on any atom is -0.443 e. The number of rotatable bonds is 5. The summed E-state index contributed by atoms with van der Waals surface area (Å²) in [5, 5.41) is 0. The second-order valence-corrected chi connectivity index (χ2v) is 7.89. The molecule has 0 bridgehead atoms. The van der Waals surface area contributed by atoms with Crippen LogP contribution in [0.4, 0.5) is 10.6 Å². The predicted octanol–water partition coefficient (Wildman–Crippen LogP) is 4.78. The van der Waals surface area contributed by atoms with Crippen LogP contribution in [-0.2, 0) is 4.74 Å². The van der Waals surface area contributed by atoms with Crippen LogP contribution in [0.1, 0.15) is 71.4 Å². The van der Waals surface area contributed by atoms with Gasteiger partial charge in [-0.15, -0.1) is 0 Å². The number of hydrogen-bond acceptors (Lipinski definition) is 4. The molecule has 0 aromatic carbocycles. The molecule has 1 amide bonds. The van der Waals surface area contributed by atoms with Gasteiger partial charge in [-0.25, -0.2) is 9.78 Å². The fraction of sp³-hybridized carbons (Fsp3) is 0.700. The minimum absolute atomic E-state index is 0.306. The Balaban J connectivity index is 2.34. The molecule has 1 atom stereocenters. The van der Waals surface area contributed by atoms with Gasteiger partial charge >= 0.3 is 6.09 Å². The number of piperidine rings is 1. The van der Waals surface area contributed by atoms with Gasteiger partial charge in [0.1, 0.15) is 11.4 Å². The van der Waals surface area contributed by atoms with Gasteiger partial charge in [-0.3, -0.25) is 9.80 Å². The van der Waals surface area contributed by atoms with Crippen LogP contribution in [-0.4, -0.2) is 41.7 Å². The summed E-state index contributed by atoms with van der Waals surface area (Å²) in [4.78, 5) is 21.5.